The fraction of sp³-hybridized carbons (Fsp3) is 0.636. The Labute approximate surface area is 89.5 Å². The SMILES string of the molecule is Cc1[nH]cnc1C(=O)NC1CCCCC1. The zero-order chi connectivity index (χ0) is 10.7. The minimum Gasteiger partial charge on any atom is -0.348 e. The predicted octanol–water partition coefficient (Wildman–Crippen LogP) is 1.78. The Morgan fingerprint density at radius 1 is 1.47 bits per heavy atom. The van der Waals surface area contributed by atoms with Crippen molar-refractivity contribution in [3.05, 3.63) is 17.7 Å². The molecule has 1 amide bonds. The summed E-state index contributed by atoms with van der Waals surface area (Å²) in [6.45, 7) is 1.86. The van der Waals surface area contributed by atoms with Crippen LogP contribution in [0.2, 0.25) is 0 Å². The van der Waals surface area contributed by atoms with Crippen molar-refractivity contribution in [2.45, 2.75) is 45.1 Å². The molecule has 4 nitrogen and oxygen atoms in total. The molecule has 15 heavy (non-hydrogen) atoms. The highest BCUT2D eigenvalue weighted by molar-refractivity contribution is 5.93. The number of amides is 1. The molecule has 1 saturated carbocycles. The lowest BCUT2D eigenvalue weighted by Crippen LogP contribution is -2.36. The molecule has 1 heterocycles. The van der Waals surface area contributed by atoms with Crippen LogP contribution in [-0.4, -0.2) is 21.9 Å². The van der Waals surface area contributed by atoms with E-state index >= 15 is 0 Å². The van der Waals surface area contributed by atoms with Crippen LogP contribution in [0.15, 0.2) is 6.33 Å². The second-order valence-corrected chi connectivity index (χ2v) is 4.18. The van der Waals surface area contributed by atoms with E-state index in [4.69, 9.17) is 0 Å². The normalized spacial score (nSPS) is 17.7. The van der Waals surface area contributed by atoms with Gasteiger partial charge >= 0.3 is 0 Å². The van der Waals surface area contributed by atoms with Crippen molar-refractivity contribution in [2.24, 2.45) is 0 Å². The number of carbonyl (C=O) groups is 1. The average molecular weight is 207 g/mol. The van der Waals surface area contributed by atoms with Gasteiger partial charge < -0.3 is 10.3 Å². The van der Waals surface area contributed by atoms with E-state index in [0.29, 0.717) is 11.7 Å². The Morgan fingerprint density at radius 2 is 2.20 bits per heavy atom. The number of imidazole rings is 1. The Kier molecular flexibility index (Phi) is 3.04. The third-order valence-corrected chi connectivity index (χ3v) is 2.99. The third-order valence-electron chi connectivity index (χ3n) is 2.99. The minimum absolute atomic E-state index is 0.0411. The lowest BCUT2D eigenvalue weighted by atomic mass is 9.95. The lowest BCUT2D eigenvalue weighted by molar-refractivity contribution is 0.0922. The molecule has 1 aliphatic rings. The van der Waals surface area contributed by atoms with Crippen LogP contribution in [0.4, 0.5) is 0 Å². The Morgan fingerprint density at radius 3 is 2.80 bits per heavy atom. The molecule has 4 heteroatoms. The van der Waals surface area contributed by atoms with Crippen molar-refractivity contribution < 1.29 is 4.79 Å². The molecule has 0 bridgehead atoms. The number of carbonyl (C=O) groups excluding carboxylic acids is 1. The summed E-state index contributed by atoms with van der Waals surface area (Å²) in [5, 5.41) is 3.04. The van der Waals surface area contributed by atoms with Crippen molar-refractivity contribution in [2.75, 3.05) is 0 Å². The average Bonchev–Trinajstić information content (AvgIpc) is 2.66. The summed E-state index contributed by atoms with van der Waals surface area (Å²) in [6.07, 6.45) is 7.53. The Bertz CT molecular complexity index is 339. The molecule has 1 aromatic rings. The van der Waals surface area contributed by atoms with Crippen molar-refractivity contribution in [3.8, 4) is 0 Å². The summed E-state index contributed by atoms with van der Waals surface area (Å²) in [7, 11) is 0. The van der Waals surface area contributed by atoms with Crippen LogP contribution in [0, 0.1) is 6.92 Å². The van der Waals surface area contributed by atoms with Crippen LogP contribution in [-0.2, 0) is 0 Å². The molecule has 0 spiro atoms. The first-order valence-corrected chi connectivity index (χ1v) is 5.58. The van der Waals surface area contributed by atoms with Crippen LogP contribution in [0.3, 0.4) is 0 Å². The number of hydrogen-bond acceptors (Lipinski definition) is 2. The summed E-state index contributed by atoms with van der Waals surface area (Å²) >= 11 is 0. The molecule has 0 aromatic carbocycles. The molecule has 0 saturated heterocycles. The van der Waals surface area contributed by atoms with E-state index in [2.05, 4.69) is 15.3 Å². The first-order valence-electron chi connectivity index (χ1n) is 5.58. The maximum atomic E-state index is 11.8. The van der Waals surface area contributed by atoms with Gasteiger partial charge in [0.15, 0.2) is 0 Å². The van der Waals surface area contributed by atoms with Gasteiger partial charge in [-0.25, -0.2) is 4.98 Å². The lowest BCUT2D eigenvalue weighted by Gasteiger charge is -2.22. The summed E-state index contributed by atoms with van der Waals surface area (Å²) in [5.41, 5.74) is 1.36. The number of nitrogens with one attached hydrogen (secondary N) is 2. The number of aromatic nitrogens is 2. The monoisotopic (exact) mass is 207 g/mol. The number of nitrogens with zero attached hydrogens (tertiary/aromatic N) is 1. The van der Waals surface area contributed by atoms with Gasteiger partial charge in [0.25, 0.3) is 5.91 Å². The predicted molar refractivity (Wildman–Crippen MR) is 57.7 cm³/mol. The standard InChI is InChI=1S/C11H17N3O/c1-8-10(13-7-12-8)11(15)14-9-5-3-2-4-6-9/h7,9H,2-6H2,1H3,(H,12,13)(H,14,15). The highest BCUT2D eigenvalue weighted by Gasteiger charge is 2.18. The molecule has 0 atom stereocenters. The summed E-state index contributed by atoms with van der Waals surface area (Å²) in [4.78, 5) is 18.7. The van der Waals surface area contributed by atoms with E-state index in [9.17, 15) is 4.79 Å². The van der Waals surface area contributed by atoms with Gasteiger partial charge in [0.2, 0.25) is 0 Å². The molecule has 0 unspecified atom stereocenters. The minimum atomic E-state index is -0.0411. The quantitative estimate of drug-likeness (QED) is 0.776. The number of hydrogen-bond donors (Lipinski definition) is 2. The molecular formula is C11H17N3O. The highest BCUT2D eigenvalue weighted by Crippen LogP contribution is 2.17. The topological polar surface area (TPSA) is 57.8 Å². The third kappa shape index (κ3) is 2.37. The second kappa shape index (κ2) is 4.47. The van der Waals surface area contributed by atoms with Gasteiger partial charge in [0.05, 0.1) is 6.33 Å². The van der Waals surface area contributed by atoms with E-state index in [1.54, 1.807) is 6.33 Å². The first kappa shape index (κ1) is 10.2. The van der Waals surface area contributed by atoms with Gasteiger partial charge in [-0.1, -0.05) is 19.3 Å². The van der Waals surface area contributed by atoms with Crippen LogP contribution >= 0.6 is 0 Å². The van der Waals surface area contributed by atoms with Crippen LogP contribution < -0.4 is 5.32 Å². The van der Waals surface area contributed by atoms with Crippen LogP contribution in [0.25, 0.3) is 0 Å². The zero-order valence-corrected chi connectivity index (χ0v) is 9.05. The highest BCUT2D eigenvalue weighted by atomic mass is 16.2. The molecule has 1 aliphatic carbocycles. The number of rotatable bonds is 2. The molecular weight excluding hydrogens is 190 g/mol. The van der Waals surface area contributed by atoms with Gasteiger partial charge in [-0.05, 0) is 19.8 Å². The van der Waals surface area contributed by atoms with E-state index in [1.165, 1.54) is 19.3 Å². The fourth-order valence-electron chi connectivity index (χ4n) is 2.09. The van der Waals surface area contributed by atoms with Gasteiger partial charge in [-0.3, -0.25) is 4.79 Å². The van der Waals surface area contributed by atoms with E-state index in [0.717, 1.165) is 18.5 Å². The van der Waals surface area contributed by atoms with Gasteiger partial charge in [-0.15, -0.1) is 0 Å². The summed E-state index contributed by atoms with van der Waals surface area (Å²) < 4.78 is 0. The van der Waals surface area contributed by atoms with E-state index in [-0.39, 0.29) is 5.91 Å². The molecule has 2 N–H and O–H groups in total. The Balaban J connectivity index is 1.94. The first-order chi connectivity index (χ1) is 7.27. The largest absolute Gasteiger partial charge is 0.348 e. The molecule has 82 valence electrons. The number of aryl methyl sites for hydroxylation is 1. The van der Waals surface area contributed by atoms with Gasteiger partial charge in [-0.2, -0.15) is 0 Å². The summed E-state index contributed by atoms with van der Waals surface area (Å²) in [6, 6.07) is 0.349. The zero-order valence-electron chi connectivity index (χ0n) is 9.05. The van der Waals surface area contributed by atoms with Crippen LogP contribution in [0.1, 0.15) is 48.3 Å². The van der Waals surface area contributed by atoms with E-state index < -0.39 is 0 Å². The maximum absolute atomic E-state index is 11.8. The van der Waals surface area contributed by atoms with Crippen molar-refractivity contribution in [1.82, 2.24) is 15.3 Å². The smallest absolute Gasteiger partial charge is 0.271 e. The summed E-state index contributed by atoms with van der Waals surface area (Å²) in [5.74, 6) is -0.0411. The number of H-pyrrole nitrogens is 1. The molecule has 1 aromatic heterocycles. The second-order valence-electron chi connectivity index (χ2n) is 4.18. The maximum Gasteiger partial charge on any atom is 0.271 e. The van der Waals surface area contributed by atoms with Gasteiger partial charge in [0.1, 0.15) is 5.69 Å². The number of aromatic amines is 1. The van der Waals surface area contributed by atoms with Crippen LogP contribution in [0.5, 0.6) is 0 Å². The Hall–Kier alpha value is -1.32. The van der Waals surface area contributed by atoms with Gasteiger partial charge in [0, 0.05) is 11.7 Å². The van der Waals surface area contributed by atoms with Crippen molar-refractivity contribution in [1.29, 1.82) is 0 Å². The molecule has 1 fully saturated rings. The van der Waals surface area contributed by atoms with Crippen molar-refractivity contribution >= 4 is 5.91 Å². The molecule has 2 rings (SSSR count). The van der Waals surface area contributed by atoms with E-state index in [1.807, 2.05) is 6.92 Å². The van der Waals surface area contributed by atoms with Crippen molar-refractivity contribution in [3.63, 3.8) is 0 Å². The fourth-order valence-corrected chi connectivity index (χ4v) is 2.09. The molecule has 0 radical (unpaired) electrons. The molecule has 0 aliphatic heterocycles.